The van der Waals surface area contributed by atoms with Crippen molar-refractivity contribution in [1.82, 2.24) is 9.97 Å². The lowest BCUT2D eigenvalue weighted by atomic mass is 10.0. The quantitative estimate of drug-likeness (QED) is 0.826. The molecule has 1 heterocycles. The van der Waals surface area contributed by atoms with Crippen LogP contribution in [0.2, 0.25) is 0 Å². The van der Waals surface area contributed by atoms with Crippen LogP contribution in [-0.2, 0) is 6.42 Å². The van der Waals surface area contributed by atoms with Gasteiger partial charge in [-0.2, -0.15) is 0 Å². The van der Waals surface area contributed by atoms with E-state index in [-0.39, 0.29) is 0 Å². The zero-order valence-electron chi connectivity index (χ0n) is 14.1. The summed E-state index contributed by atoms with van der Waals surface area (Å²) in [7, 11) is 2.14. The zero-order chi connectivity index (χ0) is 15.3. The smallest absolute Gasteiger partial charge is 0.137 e. The van der Waals surface area contributed by atoms with E-state index in [4.69, 9.17) is 4.98 Å². The lowest BCUT2D eigenvalue weighted by molar-refractivity contribution is 0.501. The predicted octanol–water partition coefficient (Wildman–Crippen LogP) is 3.65. The molecule has 1 aromatic rings. The summed E-state index contributed by atoms with van der Waals surface area (Å²) in [5, 5.41) is 3.35. The number of aromatic nitrogens is 2. The third kappa shape index (κ3) is 4.09. The average Bonchev–Trinajstić information content (AvgIpc) is 2.39. The summed E-state index contributed by atoms with van der Waals surface area (Å²) < 4.78 is 0. The van der Waals surface area contributed by atoms with Crippen molar-refractivity contribution in [2.45, 2.75) is 60.4 Å². The van der Waals surface area contributed by atoms with Gasteiger partial charge < -0.3 is 10.2 Å². The molecule has 0 saturated heterocycles. The number of nitrogens with zero attached hydrogens (tertiary/aromatic N) is 3. The lowest BCUT2D eigenvalue weighted by Gasteiger charge is -2.29. The van der Waals surface area contributed by atoms with Crippen molar-refractivity contribution in [1.29, 1.82) is 0 Å². The van der Waals surface area contributed by atoms with Gasteiger partial charge in [0.25, 0.3) is 0 Å². The Morgan fingerprint density at radius 2 is 1.80 bits per heavy atom. The van der Waals surface area contributed by atoms with Crippen molar-refractivity contribution in [3.63, 3.8) is 0 Å². The largest absolute Gasteiger partial charge is 0.370 e. The van der Waals surface area contributed by atoms with E-state index < -0.39 is 0 Å². The van der Waals surface area contributed by atoms with Crippen LogP contribution in [0.15, 0.2) is 0 Å². The van der Waals surface area contributed by atoms with Gasteiger partial charge in [-0.05, 0) is 33.1 Å². The van der Waals surface area contributed by atoms with Gasteiger partial charge in [-0.15, -0.1) is 0 Å². The third-order valence-electron chi connectivity index (χ3n) is 3.63. The molecular weight excluding hydrogens is 248 g/mol. The molecule has 0 bridgehead atoms. The van der Waals surface area contributed by atoms with E-state index in [1.165, 1.54) is 0 Å². The molecule has 1 aromatic heterocycles. The van der Waals surface area contributed by atoms with Gasteiger partial charge in [0, 0.05) is 31.6 Å². The molecule has 0 amide bonds. The normalized spacial score (nSPS) is 12.6. The second kappa shape index (κ2) is 7.46. The summed E-state index contributed by atoms with van der Waals surface area (Å²) in [6, 6.07) is 0.475. The van der Waals surface area contributed by atoms with Crippen LogP contribution in [0, 0.1) is 12.8 Å². The molecule has 4 heteroatoms. The van der Waals surface area contributed by atoms with E-state index in [2.05, 4.69) is 63.8 Å². The summed E-state index contributed by atoms with van der Waals surface area (Å²) in [5.41, 5.74) is 1.14. The number of rotatable bonds is 7. The minimum atomic E-state index is 0.475. The maximum absolute atomic E-state index is 4.74. The fraction of sp³-hybridized carbons (Fsp3) is 0.750. The van der Waals surface area contributed by atoms with Gasteiger partial charge in [0.2, 0.25) is 0 Å². The van der Waals surface area contributed by atoms with Crippen LogP contribution in [-0.4, -0.2) is 29.6 Å². The molecule has 0 saturated carbocycles. The Labute approximate surface area is 124 Å². The maximum atomic E-state index is 4.74. The third-order valence-corrected chi connectivity index (χ3v) is 3.63. The second-order valence-electron chi connectivity index (χ2n) is 5.91. The molecule has 0 aliphatic carbocycles. The van der Waals surface area contributed by atoms with Crippen molar-refractivity contribution >= 4 is 11.6 Å². The maximum Gasteiger partial charge on any atom is 0.137 e. The van der Waals surface area contributed by atoms with Gasteiger partial charge in [0.1, 0.15) is 17.5 Å². The van der Waals surface area contributed by atoms with E-state index in [1.807, 2.05) is 0 Å². The van der Waals surface area contributed by atoms with E-state index in [1.54, 1.807) is 0 Å². The van der Waals surface area contributed by atoms with E-state index in [0.717, 1.165) is 42.4 Å². The van der Waals surface area contributed by atoms with E-state index >= 15 is 0 Å². The van der Waals surface area contributed by atoms with Crippen LogP contribution in [0.25, 0.3) is 0 Å². The molecule has 20 heavy (non-hydrogen) atoms. The minimum absolute atomic E-state index is 0.475. The predicted molar refractivity (Wildman–Crippen MR) is 87.6 cm³/mol. The van der Waals surface area contributed by atoms with Crippen molar-refractivity contribution in [2.75, 3.05) is 23.8 Å². The molecule has 1 atom stereocenters. The zero-order valence-corrected chi connectivity index (χ0v) is 14.1. The Kier molecular flexibility index (Phi) is 6.24. The Bertz CT molecular complexity index is 429. The number of hydrogen-bond donors (Lipinski definition) is 1. The van der Waals surface area contributed by atoms with Crippen LogP contribution >= 0.6 is 0 Å². The van der Waals surface area contributed by atoms with Gasteiger partial charge in [-0.25, -0.2) is 9.97 Å². The first-order valence-electron chi connectivity index (χ1n) is 7.74. The Morgan fingerprint density at radius 3 is 2.30 bits per heavy atom. The molecule has 0 aliphatic heterocycles. The highest BCUT2D eigenvalue weighted by atomic mass is 15.2. The molecule has 1 rings (SSSR count). The second-order valence-corrected chi connectivity index (χ2v) is 5.91. The first-order valence-corrected chi connectivity index (χ1v) is 7.74. The van der Waals surface area contributed by atoms with Crippen LogP contribution in [0.1, 0.15) is 52.4 Å². The van der Waals surface area contributed by atoms with Gasteiger partial charge in [-0.3, -0.25) is 0 Å². The fourth-order valence-electron chi connectivity index (χ4n) is 2.44. The minimum Gasteiger partial charge on any atom is -0.370 e. The molecule has 0 aromatic carbocycles. The fourth-order valence-corrected chi connectivity index (χ4v) is 2.44. The highest BCUT2D eigenvalue weighted by molar-refractivity contribution is 5.58. The summed E-state index contributed by atoms with van der Waals surface area (Å²) in [5.74, 6) is 3.62. The Hall–Kier alpha value is -1.32. The topological polar surface area (TPSA) is 41.1 Å². The van der Waals surface area contributed by atoms with Crippen LogP contribution in [0.5, 0.6) is 0 Å². The number of aryl methyl sites for hydroxylation is 1. The van der Waals surface area contributed by atoms with E-state index in [0.29, 0.717) is 12.0 Å². The molecule has 0 spiro atoms. The van der Waals surface area contributed by atoms with Crippen molar-refractivity contribution in [2.24, 2.45) is 5.92 Å². The molecule has 0 fully saturated rings. The molecule has 1 N–H and O–H groups in total. The van der Waals surface area contributed by atoms with Crippen LogP contribution in [0.3, 0.4) is 0 Å². The number of hydrogen-bond acceptors (Lipinski definition) is 4. The first kappa shape index (κ1) is 16.7. The highest BCUT2D eigenvalue weighted by Crippen LogP contribution is 2.25. The lowest BCUT2D eigenvalue weighted by Crippen LogP contribution is -2.32. The highest BCUT2D eigenvalue weighted by Gasteiger charge is 2.18. The molecule has 1 unspecified atom stereocenters. The standard InChI is InChI=1S/C16H30N4/c1-8-14-18-15(17-9-2)13(6)16(19-14)20(7)12(5)10-11(3)4/h11-12H,8-10H2,1-7H3,(H,17,18,19). The van der Waals surface area contributed by atoms with Crippen LogP contribution in [0.4, 0.5) is 11.6 Å². The molecule has 0 radical (unpaired) electrons. The monoisotopic (exact) mass is 278 g/mol. The first-order chi connectivity index (χ1) is 9.40. The SMILES string of the molecule is CCNc1nc(CC)nc(N(C)C(C)CC(C)C)c1C. The average molecular weight is 278 g/mol. The number of anilines is 2. The summed E-state index contributed by atoms with van der Waals surface area (Å²) in [6.07, 6.45) is 2.02. The molecular formula is C16H30N4. The Morgan fingerprint density at radius 1 is 1.15 bits per heavy atom. The van der Waals surface area contributed by atoms with Gasteiger partial charge in [0.15, 0.2) is 0 Å². The number of nitrogens with one attached hydrogen (secondary N) is 1. The van der Waals surface area contributed by atoms with Crippen molar-refractivity contribution < 1.29 is 0 Å². The van der Waals surface area contributed by atoms with Gasteiger partial charge >= 0.3 is 0 Å². The van der Waals surface area contributed by atoms with Gasteiger partial charge in [-0.1, -0.05) is 20.8 Å². The van der Waals surface area contributed by atoms with Crippen molar-refractivity contribution in [3.05, 3.63) is 11.4 Å². The van der Waals surface area contributed by atoms with Gasteiger partial charge in [0.05, 0.1) is 0 Å². The summed E-state index contributed by atoms with van der Waals surface area (Å²) >= 11 is 0. The molecule has 114 valence electrons. The molecule has 4 nitrogen and oxygen atoms in total. The van der Waals surface area contributed by atoms with Crippen molar-refractivity contribution in [3.8, 4) is 0 Å². The van der Waals surface area contributed by atoms with Crippen LogP contribution < -0.4 is 10.2 Å². The summed E-state index contributed by atoms with van der Waals surface area (Å²) in [4.78, 5) is 11.6. The molecule has 0 aliphatic rings. The summed E-state index contributed by atoms with van der Waals surface area (Å²) in [6.45, 7) is 14.0. The Balaban J connectivity index is 3.11. The van der Waals surface area contributed by atoms with E-state index in [9.17, 15) is 0 Å².